The predicted molar refractivity (Wildman–Crippen MR) is 74.6 cm³/mol. The van der Waals surface area contributed by atoms with Gasteiger partial charge in [-0.3, -0.25) is 4.68 Å². The van der Waals surface area contributed by atoms with Crippen LogP contribution in [0.1, 0.15) is 23.4 Å². The standard InChI is InChI=1S/C14H18ClN3/c1-2-18-11-12(9-17-18)8-16-10-14(15)13-6-4-3-5-7-13/h3-7,9,11,14,16H,2,8,10H2,1H3. The van der Waals surface area contributed by atoms with Crippen molar-refractivity contribution >= 4 is 11.6 Å². The van der Waals surface area contributed by atoms with E-state index in [1.54, 1.807) is 0 Å². The molecule has 0 spiro atoms. The second-order valence-electron chi connectivity index (χ2n) is 4.21. The summed E-state index contributed by atoms with van der Waals surface area (Å²) in [7, 11) is 0. The van der Waals surface area contributed by atoms with Crippen LogP contribution in [0.25, 0.3) is 0 Å². The Bertz CT molecular complexity index is 467. The molecule has 0 saturated heterocycles. The summed E-state index contributed by atoms with van der Waals surface area (Å²) in [5.41, 5.74) is 2.34. The van der Waals surface area contributed by atoms with Crippen molar-refractivity contribution in [2.45, 2.75) is 25.4 Å². The van der Waals surface area contributed by atoms with Crippen molar-refractivity contribution in [1.82, 2.24) is 15.1 Å². The number of nitrogens with one attached hydrogen (secondary N) is 1. The number of halogens is 1. The minimum absolute atomic E-state index is 0.00687. The molecular formula is C14H18ClN3. The van der Waals surface area contributed by atoms with E-state index in [1.165, 1.54) is 5.56 Å². The lowest BCUT2D eigenvalue weighted by atomic mass is 10.1. The molecule has 0 fully saturated rings. The highest BCUT2D eigenvalue weighted by Crippen LogP contribution is 2.18. The molecule has 4 heteroatoms. The van der Waals surface area contributed by atoms with Gasteiger partial charge in [0.05, 0.1) is 11.6 Å². The van der Waals surface area contributed by atoms with Crippen molar-refractivity contribution in [3.05, 3.63) is 53.9 Å². The first-order chi connectivity index (χ1) is 8.79. The number of nitrogens with zero attached hydrogens (tertiary/aromatic N) is 2. The van der Waals surface area contributed by atoms with Crippen LogP contribution in [0.15, 0.2) is 42.7 Å². The molecule has 0 aliphatic rings. The third-order valence-electron chi connectivity index (χ3n) is 2.82. The van der Waals surface area contributed by atoms with Gasteiger partial charge in [0.25, 0.3) is 0 Å². The molecular weight excluding hydrogens is 246 g/mol. The first-order valence-corrected chi connectivity index (χ1v) is 6.64. The van der Waals surface area contributed by atoms with Crippen molar-refractivity contribution in [3.63, 3.8) is 0 Å². The molecule has 1 N–H and O–H groups in total. The van der Waals surface area contributed by atoms with Crippen LogP contribution >= 0.6 is 11.6 Å². The largest absolute Gasteiger partial charge is 0.311 e. The van der Waals surface area contributed by atoms with Crippen molar-refractivity contribution in [2.24, 2.45) is 0 Å². The summed E-state index contributed by atoms with van der Waals surface area (Å²) in [5.74, 6) is 0. The maximum Gasteiger partial charge on any atom is 0.0709 e. The molecule has 0 amide bonds. The molecule has 0 saturated carbocycles. The summed E-state index contributed by atoms with van der Waals surface area (Å²) in [6.07, 6.45) is 3.95. The summed E-state index contributed by atoms with van der Waals surface area (Å²) in [5, 5.41) is 7.59. The zero-order chi connectivity index (χ0) is 12.8. The molecule has 1 heterocycles. The van der Waals surface area contributed by atoms with Crippen LogP contribution in [-0.2, 0) is 13.1 Å². The zero-order valence-electron chi connectivity index (χ0n) is 10.5. The van der Waals surface area contributed by atoms with Gasteiger partial charge in [0, 0.05) is 31.4 Å². The average Bonchev–Trinajstić information content (AvgIpc) is 2.87. The van der Waals surface area contributed by atoms with Gasteiger partial charge >= 0.3 is 0 Å². The molecule has 0 aliphatic carbocycles. The molecule has 96 valence electrons. The van der Waals surface area contributed by atoms with Gasteiger partial charge in [0.1, 0.15) is 0 Å². The van der Waals surface area contributed by atoms with Crippen molar-refractivity contribution in [1.29, 1.82) is 0 Å². The van der Waals surface area contributed by atoms with Crippen LogP contribution in [0.3, 0.4) is 0 Å². The Hall–Kier alpha value is -1.32. The van der Waals surface area contributed by atoms with Crippen LogP contribution in [0.4, 0.5) is 0 Å². The van der Waals surface area contributed by atoms with Crippen molar-refractivity contribution < 1.29 is 0 Å². The molecule has 2 aromatic rings. The smallest absolute Gasteiger partial charge is 0.0709 e. The third-order valence-corrected chi connectivity index (χ3v) is 3.23. The third kappa shape index (κ3) is 3.59. The Labute approximate surface area is 113 Å². The van der Waals surface area contributed by atoms with E-state index in [0.717, 1.165) is 25.2 Å². The van der Waals surface area contributed by atoms with Gasteiger partial charge in [-0.1, -0.05) is 30.3 Å². The summed E-state index contributed by atoms with van der Waals surface area (Å²) >= 11 is 6.32. The van der Waals surface area contributed by atoms with Gasteiger partial charge in [-0.15, -0.1) is 11.6 Å². The van der Waals surface area contributed by atoms with Gasteiger partial charge in [0.15, 0.2) is 0 Å². The molecule has 1 aromatic heterocycles. The molecule has 2 rings (SSSR count). The number of rotatable bonds is 6. The minimum Gasteiger partial charge on any atom is -0.311 e. The summed E-state index contributed by atoms with van der Waals surface area (Å²) < 4.78 is 1.92. The first kappa shape index (κ1) is 13.1. The second kappa shape index (κ2) is 6.57. The maximum absolute atomic E-state index is 6.32. The van der Waals surface area contributed by atoms with Gasteiger partial charge in [-0.2, -0.15) is 5.10 Å². The molecule has 1 aromatic carbocycles. The molecule has 1 unspecified atom stereocenters. The SMILES string of the molecule is CCn1cc(CNCC(Cl)c2ccccc2)cn1. The predicted octanol–water partition coefficient (Wildman–Crippen LogP) is 2.97. The Kier molecular flexibility index (Phi) is 4.79. The van der Waals surface area contributed by atoms with Crippen LogP contribution in [0.2, 0.25) is 0 Å². The van der Waals surface area contributed by atoms with Gasteiger partial charge in [0.2, 0.25) is 0 Å². The van der Waals surface area contributed by atoms with Gasteiger partial charge in [-0.25, -0.2) is 0 Å². The highest BCUT2D eigenvalue weighted by molar-refractivity contribution is 6.21. The van der Waals surface area contributed by atoms with Crippen LogP contribution in [0.5, 0.6) is 0 Å². The molecule has 0 radical (unpaired) electrons. The van der Waals surface area contributed by atoms with E-state index in [1.807, 2.05) is 29.1 Å². The normalized spacial score (nSPS) is 12.6. The fourth-order valence-corrected chi connectivity index (χ4v) is 2.05. The fraction of sp³-hybridized carbons (Fsp3) is 0.357. The van der Waals surface area contributed by atoms with Crippen molar-refractivity contribution in [2.75, 3.05) is 6.54 Å². The number of hydrogen-bond acceptors (Lipinski definition) is 2. The number of hydrogen-bond donors (Lipinski definition) is 1. The topological polar surface area (TPSA) is 29.9 Å². The van der Waals surface area contributed by atoms with E-state index in [4.69, 9.17) is 11.6 Å². The molecule has 1 atom stereocenters. The number of benzene rings is 1. The van der Waals surface area contributed by atoms with E-state index in [-0.39, 0.29) is 5.38 Å². The molecule has 18 heavy (non-hydrogen) atoms. The fourth-order valence-electron chi connectivity index (χ4n) is 1.79. The quantitative estimate of drug-likeness (QED) is 0.812. The van der Waals surface area contributed by atoms with Crippen LogP contribution in [0, 0.1) is 0 Å². The van der Waals surface area contributed by atoms with Crippen LogP contribution in [-0.4, -0.2) is 16.3 Å². The molecule has 0 aliphatic heterocycles. The van der Waals surface area contributed by atoms with E-state index in [9.17, 15) is 0 Å². The summed E-state index contributed by atoms with van der Waals surface area (Å²) in [4.78, 5) is 0. The summed E-state index contributed by atoms with van der Waals surface area (Å²) in [6.45, 7) is 4.54. The van der Waals surface area contributed by atoms with Gasteiger partial charge < -0.3 is 5.32 Å². The number of aryl methyl sites for hydroxylation is 1. The Morgan fingerprint density at radius 3 is 2.78 bits per heavy atom. The number of alkyl halides is 1. The van der Waals surface area contributed by atoms with E-state index >= 15 is 0 Å². The highest BCUT2D eigenvalue weighted by Gasteiger charge is 2.06. The molecule has 3 nitrogen and oxygen atoms in total. The van der Waals surface area contributed by atoms with Crippen LogP contribution < -0.4 is 5.32 Å². The second-order valence-corrected chi connectivity index (χ2v) is 4.74. The minimum atomic E-state index is 0.00687. The lowest BCUT2D eigenvalue weighted by molar-refractivity contribution is 0.653. The molecule has 0 bridgehead atoms. The average molecular weight is 264 g/mol. The zero-order valence-corrected chi connectivity index (χ0v) is 11.3. The maximum atomic E-state index is 6.32. The summed E-state index contributed by atoms with van der Waals surface area (Å²) in [6, 6.07) is 10.1. The first-order valence-electron chi connectivity index (χ1n) is 6.20. The van der Waals surface area contributed by atoms with Gasteiger partial charge in [-0.05, 0) is 12.5 Å². The lowest BCUT2D eigenvalue weighted by Gasteiger charge is -2.10. The Balaban J connectivity index is 1.78. The number of aromatic nitrogens is 2. The highest BCUT2D eigenvalue weighted by atomic mass is 35.5. The lowest BCUT2D eigenvalue weighted by Crippen LogP contribution is -2.18. The van der Waals surface area contributed by atoms with E-state index in [2.05, 4.69) is 35.7 Å². The Morgan fingerprint density at radius 2 is 2.11 bits per heavy atom. The van der Waals surface area contributed by atoms with E-state index < -0.39 is 0 Å². The monoisotopic (exact) mass is 263 g/mol. The van der Waals surface area contributed by atoms with E-state index in [0.29, 0.717) is 0 Å². The Morgan fingerprint density at radius 1 is 1.33 bits per heavy atom. The van der Waals surface area contributed by atoms with Crippen molar-refractivity contribution in [3.8, 4) is 0 Å².